The summed E-state index contributed by atoms with van der Waals surface area (Å²) >= 11 is 0. The highest BCUT2D eigenvalue weighted by Gasteiger charge is 2.29. The molecule has 3 aromatic rings. The Labute approximate surface area is 179 Å². The molecule has 0 spiro atoms. The number of fused-ring (bicyclic) bond motifs is 1. The molecule has 0 radical (unpaired) electrons. The summed E-state index contributed by atoms with van der Waals surface area (Å²) in [5, 5.41) is 9.12. The molecule has 2 aromatic heterocycles. The van der Waals surface area contributed by atoms with Crippen molar-refractivity contribution in [2.75, 3.05) is 29.9 Å². The number of benzene rings is 1. The van der Waals surface area contributed by atoms with Crippen molar-refractivity contribution in [1.29, 1.82) is 0 Å². The van der Waals surface area contributed by atoms with Crippen molar-refractivity contribution in [2.45, 2.75) is 24.7 Å². The van der Waals surface area contributed by atoms with Gasteiger partial charge in [0, 0.05) is 25.0 Å². The van der Waals surface area contributed by atoms with E-state index in [9.17, 15) is 13.2 Å². The van der Waals surface area contributed by atoms with Gasteiger partial charge in [-0.2, -0.15) is 9.97 Å². The molecule has 0 aliphatic carbocycles. The summed E-state index contributed by atoms with van der Waals surface area (Å²) in [6.45, 7) is 3.43. The SMILES string of the molecule is CCOC(=O)[C@H]1CCCN(c2nc(Nc3cccc(S(N)(=O)=O)c3)nc3[nH]ccc23)C1. The second-order valence-electron chi connectivity index (χ2n) is 7.35. The van der Waals surface area contributed by atoms with E-state index in [1.54, 1.807) is 25.3 Å². The van der Waals surface area contributed by atoms with Crippen molar-refractivity contribution in [3.05, 3.63) is 36.5 Å². The first-order valence-corrected chi connectivity index (χ1v) is 11.6. The summed E-state index contributed by atoms with van der Waals surface area (Å²) in [7, 11) is -3.83. The van der Waals surface area contributed by atoms with Gasteiger partial charge in [0.05, 0.1) is 22.8 Å². The predicted molar refractivity (Wildman–Crippen MR) is 117 cm³/mol. The number of sulfonamides is 1. The van der Waals surface area contributed by atoms with Gasteiger partial charge in [0.15, 0.2) is 0 Å². The number of hydrogen-bond donors (Lipinski definition) is 3. The summed E-state index contributed by atoms with van der Waals surface area (Å²) in [6.07, 6.45) is 3.40. The zero-order valence-electron chi connectivity index (χ0n) is 17.0. The Morgan fingerprint density at radius 2 is 2.19 bits per heavy atom. The second kappa shape index (κ2) is 8.52. The Bertz CT molecular complexity index is 1210. The minimum atomic E-state index is -3.83. The summed E-state index contributed by atoms with van der Waals surface area (Å²) in [5.41, 5.74) is 1.12. The summed E-state index contributed by atoms with van der Waals surface area (Å²) in [5.74, 6) is 0.602. The molecule has 0 unspecified atom stereocenters. The zero-order chi connectivity index (χ0) is 22.0. The highest BCUT2D eigenvalue weighted by atomic mass is 32.2. The van der Waals surface area contributed by atoms with Crippen LogP contribution in [0.2, 0.25) is 0 Å². The molecular formula is C20H24N6O4S. The van der Waals surface area contributed by atoms with E-state index < -0.39 is 10.0 Å². The maximum absolute atomic E-state index is 12.3. The molecule has 1 fully saturated rings. The fourth-order valence-electron chi connectivity index (χ4n) is 3.72. The third-order valence-corrected chi connectivity index (χ3v) is 6.07. The normalized spacial score (nSPS) is 17.0. The first kappa shape index (κ1) is 21.1. The van der Waals surface area contributed by atoms with Gasteiger partial charge in [-0.3, -0.25) is 4.79 Å². The average Bonchev–Trinajstić information content (AvgIpc) is 3.22. The number of nitrogens with zero attached hydrogens (tertiary/aromatic N) is 3. The minimum absolute atomic E-state index is 0.00742. The fraction of sp³-hybridized carbons (Fsp3) is 0.350. The molecule has 1 aromatic carbocycles. The number of carbonyl (C=O) groups is 1. The van der Waals surface area contributed by atoms with Gasteiger partial charge in [-0.25, -0.2) is 13.6 Å². The fourth-order valence-corrected chi connectivity index (χ4v) is 4.28. The topological polar surface area (TPSA) is 143 Å². The lowest BCUT2D eigenvalue weighted by Crippen LogP contribution is -2.40. The number of nitrogens with one attached hydrogen (secondary N) is 2. The molecule has 4 N–H and O–H groups in total. The number of esters is 1. The maximum Gasteiger partial charge on any atom is 0.310 e. The van der Waals surface area contributed by atoms with E-state index in [4.69, 9.17) is 9.88 Å². The number of anilines is 3. The number of aromatic nitrogens is 3. The van der Waals surface area contributed by atoms with Gasteiger partial charge in [-0.05, 0) is 44.0 Å². The number of nitrogens with two attached hydrogens (primary N) is 1. The Kier molecular flexibility index (Phi) is 5.79. The monoisotopic (exact) mass is 444 g/mol. The summed E-state index contributed by atoms with van der Waals surface area (Å²) in [6, 6.07) is 8.03. The van der Waals surface area contributed by atoms with Gasteiger partial charge < -0.3 is 19.9 Å². The van der Waals surface area contributed by atoms with E-state index in [-0.39, 0.29) is 16.8 Å². The van der Waals surface area contributed by atoms with Crippen LogP contribution in [0, 0.1) is 5.92 Å². The van der Waals surface area contributed by atoms with Crippen LogP contribution in [0.5, 0.6) is 0 Å². The van der Waals surface area contributed by atoms with Crippen LogP contribution >= 0.6 is 0 Å². The van der Waals surface area contributed by atoms with Crippen LogP contribution in [-0.4, -0.2) is 49.0 Å². The number of rotatable bonds is 6. The van der Waals surface area contributed by atoms with Crippen molar-refractivity contribution in [3.63, 3.8) is 0 Å². The number of H-pyrrole nitrogens is 1. The lowest BCUT2D eigenvalue weighted by Gasteiger charge is -2.32. The molecular weight excluding hydrogens is 420 g/mol. The van der Waals surface area contributed by atoms with Gasteiger partial charge >= 0.3 is 5.97 Å². The van der Waals surface area contributed by atoms with E-state index in [1.807, 2.05) is 6.07 Å². The van der Waals surface area contributed by atoms with Gasteiger partial charge in [0.1, 0.15) is 11.5 Å². The number of aromatic amines is 1. The molecule has 4 rings (SSSR count). The number of primary sulfonamides is 1. The summed E-state index contributed by atoms with van der Waals surface area (Å²) in [4.78, 5) is 26.6. The maximum atomic E-state index is 12.3. The van der Waals surface area contributed by atoms with E-state index in [0.717, 1.165) is 24.8 Å². The van der Waals surface area contributed by atoms with Gasteiger partial charge in [0.2, 0.25) is 16.0 Å². The molecule has 1 saturated heterocycles. The van der Waals surface area contributed by atoms with Crippen LogP contribution < -0.4 is 15.4 Å². The average molecular weight is 445 g/mol. The van der Waals surface area contributed by atoms with Crippen LogP contribution in [0.4, 0.5) is 17.5 Å². The zero-order valence-corrected chi connectivity index (χ0v) is 17.9. The van der Waals surface area contributed by atoms with Gasteiger partial charge in [-0.15, -0.1) is 0 Å². The van der Waals surface area contributed by atoms with Crippen LogP contribution in [0.1, 0.15) is 19.8 Å². The van der Waals surface area contributed by atoms with Crippen LogP contribution in [-0.2, 0) is 19.6 Å². The number of ether oxygens (including phenoxy) is 1. The largest absolute Gasteiger partial charge is 0.466 e. The number of carbonyl (C=O) groups excluding carboxylic acids is 1. The number of hydrogen-bond acceptors (Lipinski definition) is 8. The second-order valence-corrected chi connectivity index (χ2v) is 8.91. The lowest BCUT2D eigenvalue weighted by atomic mass is 9.98. The molecule has 1 aliphatic heterocycles. The standard InChI is InChI=1S/C20H24N6O4S/c1-2-30-19(27)13-5-4-10-26(12-13)18-16-8-9-22-17(16)24-20(25-18)23-14-6-3-7-15(11-14)31(21,28)29/h3,6-9,11,13H,2,4-5,10,12H2,1H3,(H2,21,28,29)(H2,22,23,24,25)/t13-/m0/s1. The number of piperidine rings is 1. The molecule has 1 aliphatic rings. The molecule has 3 heterocycles. The summed E-state index contributed by atoms with van der Waals surface area (Å²) < 4.78 is 28.5. The van der Waals surface area contributed by atoms with Crippen molar-refractivity contribution < 1.29 is 17.9 Å². The quantitative estimate of drug-likeness (QED) is 0.491. The first-order valence-electron chi connectivity index (χ1n) is 10.0. The Balaban J connectivity index is 1.65. The Hall–Kier alpha value is -3.18. The van der Waals surface area contributed by atoms with Crippen molar-refractivity contribution >= 4 is 44.5 Å². The molecule has 31 heavy (non-hydrogen) atoms. The molecule has 10 nitrogen and oxygen atoms in total. The van der Waals surface area contributed by atoms with Crippen LogP contribution in [0.25, 0.3) is 11.0 Å². The third kappa shape index (κ3) is 4.62. The van der Waals surface area contributed by atoms with Crippen molar-refractivity contribution in [1.82, 2.24) is 15.0 Å². The van der Waals surface area contributed by atoms with E-state index in [0.29, 0.717) is 36.3 Å². The third-order valence-electron chi connectivity index (χ3n) is 5.16. The highest BCUT2D eigenvalue weighted by molar-refractivity contribution is 7.89. The molecule has 0 bridgehead atoms. The van der Waals surface area contributed by atoms with Gasteiger partial charge in [0.25, 0.3) is 0 Å². The first-order chi connectivity index (χ1) is 14.8. The smallest absolute Gasteiger partial charge is 0.310 e. The highest BCUT2D eigenvalue weighted by Crippen LogP contribution is 2.30. The van der Waals surface area contributed by atoms with E-state index in [2.05, 4.69) is 25.2 Å². The molecule has 0 saturated carbocycles. The predicted octanol–water partition coefficient (Wildman–Crippen LogP) is 2.13. The van der Waals surface area contributed by atoms with E-state index >= 15 is 0 Å². The molecule has 164 valence electrons. The van der Waals surface area contributed by atoms with Crippen LogP contribution in [0.3, 0.4) is 0 Å². The Morgan fingerprint density at radius 1 is 1.35 bits per heavy atom. The van der Waals surface area contributed by atoms with Crippen molar-refractivity contribution in [2.24, 2.45) is 11.1 Å². The van der Waals surface area contributed by atoms with E-state index in [1.165, 1.54) is 12.1 Å². The molecule has 1 atom stereocenters. The minimum Gasteiger partial charge on any atom is -0.466 e. The van der Waals surface area contributed by atoms with Crippen LogP contribution in [0.15, 0.2) is 41.4 Å². The van der Waals surface area contributed by atoms with Crippen molar-refractivity contribution in [3.8, 4) is 0 Å². The molecule has 11 heteroatoms. The lowest BCUT2D eigenvalue weighted by molar-refractivity contribution is -0.148. The van der Waals surface area contributed by atoms with Gasteiger partial charge in [-0.1, -0.05) is 6.07 Å². The molecule has 0 amide bonds. The Morgan fingerprint density at radius 3 is 2.97 bits per heavy atom.